The van der Waals surface area contributed by atoms with Crippen molar-refractivity contribution >= 4 is 28.1 Å². The van der Waals surface area contributed by atoms with Gasteiger partial charge in [-0.3, -0.25) is 10.1 Å². The molecular formula is C27H23F3N6O2. The van der Waals surface area contributed by atoms with Crippen molar-refractivity contribution in [2.45, 2.75) is 37.9 Å². The molecule has 8 nitrogen and oxygen atoms in total. The number of allylic oxidation sites excluding steroid dienone is 2. The van der Waals surface area contributed by atoms with Gasteiger partial charge in [0.25, 0.3) is 0 Å². The number of carbonyl (C=O) groups is 1. The van der Waals surface area contributed by atoms with E-state index in [9.17, 15) is 23.9 Å². The number of carboxylic acids is 1. The van der Waals surface area contributed by atoms with Crippen molar-refractivity contribution in [3.05, 3.63) is 71.2 Å². The minimum atomic E-state index is -1.20. The Bertz CT molecular complexity index is 1540. The van der Waals surface area contributed by atoms with Gasteiger partial charge in [-0.25, -0.2) is 23.1 Å². The van der Waals surface area contributed by atoms with Gasteiger partial charge in [0, 0.05) is 52.8 Å². The van der Waals surface area contributed by atoms with Crippen LogP contribution in [0.3, 0.4) is 0 Å². The Hall–Kier alpha value is -4.17. The first-order valence-corrected chi connectivity index (χ1v) is 12.4. The molecule has 11 heteroatoms. The highest BCUT2D eigenvalue weighted by atomic mass is 19.1. The second-order valence-corrected chi connectivity index (χ2v) is 10.0. The lowest BCUT2D eigenvalue weighted by Gasteiger charge is -2.48. The number of carboxylic acid groups (broad SMARTS) is 1. The number of H-pyrrole nitrogens is 1. The first-order valence-electron chi connectivity index (χ1n) is 12.4. The highest BCUT2D eigenvalue weighted by molar-refractivity contribution is 6.01. The maximum Gasteiger partial charge on any atom is 0.308 e. The number of nitrogens with zero attached hydrogens (tertiary/aromatic N) is 3. The molecule has 3 fully saturated rings. The number of aliphatic carboxylic acids is 1. The minimum Gasteiger partial charge on any atom is -0.481 e. The predicted octanol–water partition coefficient (Wildman–Crippen LogP) is 4.26. The molecule has 0 amide bonds. The van der Waals surface area contributed by atoms with Gasteiger partial charge in [-0.15, -0.1) is 0 Å². The molecule has 3 aromatic rings. The van der Waals surface area contributed by atoms with Crippen molar-refractivity contribution < 1.29 is 23.1 Å². The van der Waals surface area contributed by atoms with Crippen LogP contribution in [0.2, 0.25) is 0 Å². The van der Waals surface area contributed by atoms with Crippen molar-refractivity contribution in [3.63, 3.8) is 0 Å². The van der Waals surface area contributed by atoms with Gasteiger partial charge in [0.15, 0.2) is 0 Å². The van der Waals surface area contributed by atoms with Crippen LogP contribution in [0.5, 0.6) is 0 Å². The minimum absolute atomic E-state index is 0.00289. The number of nitrogens with one attached hydrogen (secondary N) is 3. The molecule has 38 heavy (non-hydrogen) atoms. The number of aromatic nitrogens is 3. The van der Waals surface area contributed by atoms with Gasteiger partial charge in [0.1, 0.15) is 36.0 Å². The quantitative estimate of drug-likeness (QED) is 0.396. The molecule has 0 spiro atoms. The van der Waals surface area contributed by atoms with Crippen LogP contribution in [0, 0.1) is 40.7 Å². The molecule has 3 atom stereocenters. The van der Waals surface area contributed by atoms with E-state index in [-0.39, 0.29) is 50.7 Å². The normalized spacial score (nSPS) is 26.9. The van der Waals surface area contributed by atoms with Crippen molar-refractivity contribution in [3.8, 4) is 6.07 Å². The predicted molar refractivity (Wildman–Crippen MR) is 131 cm³/mol. The number of rotatable bonds is 5. The van der Waals surface area contributed by atoms with Crippen LogP contribution < -0.4 is 10.6 Å². The van der Waals surface area contributed by atoms with E-state index in [1.165, 1.54) is 24.9 Å². The molecule has 3 heterocycles. The molecule has 3 aliphatic carbocycles. The molecule has 1 aromatic carbocycles. The summed E-state index contributed by atoms with van der Waals surface area (Å²) in [7, 11) is 0. The molecule has 3 saturated carbocycles. The van der Waals surface area contributed by atoms with Crippen molar-refractivity contribution in [1.29, 1.82) is 5.26 Å². The third-order valence-corrected chi connectivity index (χ3v) is 8.08. The number of dihydropyridines is 1. The van der Waals surface area contributed by atoms with E-state index in [2.05, 4.69) is 25.6 Å². The SMILES string of the molecule is N#CC1=C(c2c[nH]c3c(F)cc(F)cc23)NC(NC2C3CCC(CC3)C2C(=O)O)C(F)=C1c1cncnc1. The van der Waals surface area contributed by atoms with Gasteiger partial charge in [0.05, 0.1) is 22.7 Å². The number of hydrogen-bond donors (Lipinski definition) is 4. The average molecular weight is 521 g/mol. The summed E-state index contributed by atoms with van der Waals surface area (Å²) in [6.07, 6.45) is 7.57. The van der Waals surface area contributed by atoms with E-state index >= 15 is 4.39 Å². The van der Waals surface area contributed by atoms with Crippen LogP contribution >= 0.6 is 0 Å². The zero-order valence-corrected chi connectivity index (χ0v) is 20.0. The van der Waals surface area contributed by atoms with E-state index < -0.39 is 41.6 Å². The fourth-order valence-corrected chi connectivity index (χ4v) is 6.42. The fraction of sp³-hybridized carbons (Fsp3) is 0.333. The van der Waals surface area contributed by atoms with Gasteiger partial charge < -0.3 is 15.4 Å². The summed E-state index contributed by atoms with van der Waals surface area (Å²) in [4.78, 5) is 22.9. The molecule has 4 aliphatic rings. The zero-order valence-electron chi connectivity index (χ0n) is 20.0. The van der Waals surface area contributed by atoms with Gasteiger partial charge in [-0.05, 0) is 43.6 Å². The van der Waals surface area contributed by atoms with E-state index in [4.69, 9.17) is 0 Å². The number of hydrogen-bond acceptors (Lipinski definition) is 6. The Balaban J connectivity index is 1.50. The summed E-state index contributed by atoms with van der Waals surface area (Å²) in [6.45, 7) is 0. The summed E-state index contributed by atoms with van der Waals surface area (Å²) in [5.41, 5.74) is 0.523. The summed E-state index contributed by atoms with van der Waals surface area (Å²) in [5, 5.41) is 26.5. The second kappa shape index (κ2) is 9.29. The molecule has 4 N–H and O–H groups in total. The molecule has 1 aliphatic heterocycles. The molecular weight excluding hydrogens is 497 g/mol. The number of fused-ring (bicyclic) bond motifs is 4. The molecule has 3 unspecified atom stereocenters. The molecule has 2 bridgehead atoms. The Kier molecular flexibility index (Phi) is 5.91. The standard InChI is InChI=1S/C27H23F3N6O2/c28-15-5-16-18(10-34-25(16)19(29)6-15)24-17(7-31)20(14-8-32-11-33-9-14)22(30)26(36-24)35-23-13-3-1-12(2-4-13)21(23)27(37)38/h5-6,8-13,21,23,26,34-36H,1-4H2,(H,37,38). The maximum atomic E-state index is 16.3. The molecule has 7 rings (SSSR count). The highest BCUT2D eigenvalue weighted by Gasteiger charge is 2.48. The fourth-order valence-electron chi connectivity index (χ4n) is 6.42. The third kappa shape index (κ3) is 3.83. The monoisotopic (exact) mass is 520 g/mol. The smallest absolute Gasteiger partial charge is 0.308 e. The Morgan fingerprint density at radius 2 is 1.82 bits per heavy atom. The lowest BCUT2D eigenvalue weighted by atomic mass is 9.61. The van der Waals surface area contributed by atoms with Crippen molar-refractivity contribution in [2.24, 2.45) is 17.8 Å². The third-order valence-electron chi connectivity index (χ3n) is 8.08. The number of benzene rings is 1. The van der Waals surface area contributed by atoms with Crippen LogP contribution in [-0.2, 0) is 4.79 Å². The van der Waals surface area contributed by atoms with Gasteiger partial charge in [0.2, 0.25) is 0 Å². The lowest BCUT2D eigenvalue weighted by Crippen LogP contribution is -2.60. The second-order valence-electron chi connectivity index (χ2n) is 10.0. The first kappa shape index (κ1) is 24.2. The van der Waals surface area contributed by atoms with Crippen molar-refractivity contribution in [1.82, 2.24) is 25.6 Å². The van der Waals surface area contributed by atoms with E-state index in [0.717, 1.165) is 37.8 Å². The average Bonchev–Trinajstić information content (AvgIpc) is 3.34. The number of halogens is 3. The van der Waals surface area contributed by atoms with Crippen LogP contribution in [0.15, 0.2) is 48.5 Å². The largest absolute Gasteiger partial charge is 0.481 e. The zero-order chi connectivity index (χ0) is 26.6. The van der Waals surface area contributed by atoms with Crippen LogP contribution in [0.4, 0.5) is 13.2 Å². The summed E-state index contributed by atoms with van der Waals surface area (Å²) in [6, 6.07) is 3.42. The Morgan fingerprint density at radius 1 is 1.11 bits per heavy atom. The molecule has 0 saturated heterocycles. The lowest BCUT2D eigenvalue weighted by molar-refractivity contribution is -0.150. The van der Waals surface area contributed by atoms with E-state index in [0.29, 0.717) is 0 Å². The first-order chi connectivity index (χ1) is 18.4. The van der Waals surface area contributed by atoms with Gasteiger partial charge in [-0.1, -0.05) is 0 Å². The molecule has 2 aromatic heterocycles. The van der Waals surface area contributed by atoms with Crippen LogP contribution in [0.1, 0.15) is 36.8 Å². The highest BCUT2D eigenvalue weighted by Crippen LogP contribution is 2.46. The number of aromatic amines is 1. The topological polar surface area (TPSA) is 127 Å². The van der Waals surface area contributed by atoms with Gasteiger partial charge >= 0.3 is 5.97 Å². The summed E-state index contributed by atoms with van der Waals surface area (Å²) >= 11 is 0. The van der Waals surface area contributed by atoms with E-state index in [1.54, 1.807) is 0 Å². The Labute approximate surface area is 215 Å². The molecule has 194 valence electrons. The van der Waals surface area contributed by atoms with Crippen LogP contribution in [-0.4, -0.2) is 38.2 Å². The van der Waals surface area contributed by atoms with Crippen LogP contribution in [0.25, 0.3) is 22.2 Å². The van der Waals surface area contributed by atoms with E-state index in [1.807, 2.05) is 6.07 Å². The van der Waals surface area contributed by atoms with Gasteiger partial charge in [-0.2, -0.15) is 5.26 Å². The summed E-state index contributed by atoms with van der Waals surface area (Å²) in [5.74, 6) is -3.88. The maximum absolute atomic E-state index is 16.3. The number of nitriles is 1. The Morgan fingerprint density at radius 3 is 2.50 bits per heavy atom. The molecule has 0 radical (unpaired) electrons. The van der Waals surface area contributed by atoms with Crippen molar-refractivity contribution in [2.75, 3.05) is 0 Å². The summed E-state index contributed by atoms with van der Waals surface area (Å²) < 4.78 is 44.9.